The Hall–Kier alpha value is -0.860. The van der Waals surface area contributed by atoms with Crippen LogP contribution in [0.2, 0.25) is 0 Å². The van der Waals surface area contributed by atoms with Crippen molar-refractivity contribution < 1.29 is 4.74 Å². The van der Waals surface area contributed by atoms with Gasteiger partial charge in [0.1, 0.15) is 0 Å². The highest BCUT2D eigenvalue weighted by atomic mass is 16.5. The Balaban J connectivity index is 2.25. The van der Waals surface area contributed by atoms with Crippen molar-refractivity contribution in [2.24, 2.45) is 11.7 Å². The topological polar surface area (TPSA) is 35.2 Å². The van der Waals surface area contributed by atoms with Crippen molar-refractivity contribution in [1.29, 1.82) is 0 Å². The SMILES string of the molecule is COCC(C)C1(N)CCCCC1c1ccccc1. The first-order valence-corrected chi connectivity index (χ1v) is 7.01. The van der Waals surface area contributed by atoms with Crippen LogP contribution in [0.5, 0.6) is 0 Å². The Morgan fingerprint density at radius 1 is 1.33 bits per heavy atom. The molecule has 18 heavy (non-hydrogen) atoms. The molecule has 2 nitrogen and oxygen atoms in total. The number of methoxy groups -OCH3 is 1. The Morgan fingerprint density at radius 3 is 2.72 bits per heavy atom. The lowest BCUT2D eigenvalue weighted by Crippen LogP contribution is -2.54. The molecule has 1 aromatic carbocycles. The van der Waals surface area contributed by atoms with E-state index in [2.05, 4.69) is 37.3 Å². The van der Waals surface area contributed by atoms with Gasteiger partial charge in [0.25, 0.3) is 0 Å². The van der Waals surface area contributed by atoms with Crippen LogP contribution in [0.4, 0.5) is 0 Å². The highest BCUT2D eigenvalue weighted by molar-refractivity contribution is 5.25. The maximum Gasteiger partial charge on any atom is 0.0505 e. The number of ether oxygens (including phenoxy) is 1. The van der Waals surface area contributed by atoms with E-state index in [-0.39, 0.29) is 5.54 Å². The fourth-order valence-corrected chi connectivity index (χ4v) is 3.38. The van der Waals surface area contributed by atoms with Crippen molar-refractivity contribution in [2.45, 2.75) is 44.1 Å². The minimum absolute atomic E-state index is 0.115. The minimum atomic E-state index is -0.115. The van der Waals surface area contributed by atoms with E-state index in [4.69, 9.17) is 10.5 Å². The summed E-state index contributed by atoms with van der Waals surface area (Å²) >= 11 is 0. The lowest BCUT2D eigenvalue weighted by atomic mass is 9.65. The van der Waals surface area contributed by atoms with Crippen molar-refractivity contribution in [3.05, 3.63) is 35.9 Å². The molecule has 1 aliphatic carbocycles. The van der Waals surface area contributed by atoms with E-state index in [0.717, 1.165) is 13.0 Å². The second-order valence-electron chi connectivity index (χ2n) is 5.68. The van der Waals surface area contributed by atoms with Gasteiger partial charge in [-0.2, -0.15) is 0 Å². The Bertz CT molecular complexity index is 365. The van der Waals surface area contributed by atoms with Crippen LogP contribution in [0.3, 0.4) is 0 Å². The Kier molecular flexibility index (Phi) is 4.41. The van der Waals surface area contributed by atoms with Crippen molar-refractivity contribution in [2.75, 3.05) is 13.7 Å². The molecule has 3 atom stereocenters. The van der Waals surface area contributed by atoms with Gasteiger partial charge >= 0.3 is 0 Å². The van der Waals surface area contributed by atoms with Gasteiger partial charge in [-0.3, -0.25) is 0 Å². The van der Waals surface area contributed by atoms with E-state index in [9.17, 15) is 0 Å². The molecule has 0 spiro atoms. The summed E-state index contributed by atoms with van der Waals surface area (Å²) in [5.41, 5.74) is 8.06. The molecule has 2 heteroatoms. The average molecular weight is 247 g/mol. The first-order valence-electron chi connectivity index (χ1n) is 7.01. The van der Waals surface area contributed by atoms with Gasteiger partial charge in [-0.25, -0.2) is 0 Å². The van der Waals surface area contributed by atoms with Gasteiger partial charge in [-0.05, 0) is 24.3 Å². The fraction of sp³-hybridized carbons (Fsp3) is 0.625. The summed E-state index contributed by atoms with van der Waals surface area (Å²) in [4.78, 5) is 0. The monoisotopic (exact) mass is 247 g/mol. The first kappa shape index (κ1) is 13.6. The van der Waals surface area contributed by atoms with Crippen LogP contribution in [-0.2, 0) is 4.74 Å². The maximum atomic E-state index is 6.78. The molecule has 0 aromatic heterocycles. The van der Waals surface area contributed by atoms with E-state index in [0.29, 0.717) is 11.8 Å². The number of nitrogens with two attached hydrogens (primary N) is 1. The van der Waals surface area contributed by atoms with Gasteiger partial charge in [-0.1, -0.05) is 50.1 Å². The molecule has 2 rings (SSSR count). The summed E-state index contributed by atoms with van der Waals surface area (Å²) in [6.45, 7) is 2.98. The van der Waals surface area contributed by atoms with Crippen LogP contribution in [0.15, 0.2) is 30.3 Å². The molecule has 1 aromatic rings. The summed E-state index contributed by atoms with van der Waals surface area (Å²) in [6.07, 6.45) is 4.84. The third kappa shape index (κ3) is 2.60. The Labute approximate surface area is 111 Å². The molecular formula is C16H25NO. The minimum Gasteiger partial charge on any atom is -0.384 e. The molecule has 0 aliphatic heterocycles. The summed E-state index contributed by atoms with van der Waals surface area (Å²) < 4.78 is 5.33. The number of rotatable bonds is 4. The molecule has 0 heterocycles. The maximum absolute atomic E-state index is 6.78. The molecule has 2 N–H and O–H groups in total. The molecular weight excluding hydrogens is 222 g/mol. The molecule has 1 fully saturated rings. The van der Waals surface area contributed by atoms with Crippen LogP contribution in [0.1, 0.15) is 44.1 Å². The van der Waals surface area contributed by atoms with E-state index in [1.807, 2.05) is 0 Å². The lowest BCUT2D eigenvalue weighted by Gasteiger charge is -2.45. The van der Waals surface area contributed by atoms with Crippen LogP contribution < -0.4 is 5.73 Å². The quantitative estimate of drug-likeness (QED) is 0.885. The largest absolute Gasteiger partial charge is 0.384 e. The zero-order chi connectivity index (χ0) is 13.0. The molecule has 0 saturated heterocycles. The molecule has 3 unspecified atom stereocenters. The normalized spacial score (nSPS) is 30.1. The molecule has 100 valence electrons. The fourth-order valence-electron chi connectivity index (χ4n) is 3.38. The standard InChI is InChI=1S/C16H25NO/c1-13(12-18-2)16(17)11-7-6-10-15(16)14-8-4-3-5-9-14/h3-5,8-9,13,15H,6-7,10-12,17H2,1-2H3. The van der Waals surface area contributed by atoms with E-state index in [1.165, 1.54) is 24.8 Å². The second-order valence-corrected chi connectivity index (χ2v) is 5.68. The predicted molar refractivity (Wildman–Crippen MR) is 75.6 cm³/mol. The van der Waals surface area contributed by atoms with E-state index in [1.54, 1.807) is 7.11 Å². The molecule has 1 aliphatic rings. The van der Waals surface area contributed by atoms with Crippen molar-refractivity contribution in [1.82, 2.24) is 0 Å². The third-order valence-electron chi connectivity index (χ3n) is 4.54. The predicted octanol–water partition coefficient (Wildman–Crippen LogP) is 3.32. The molecule has 1 saturated carbocycles. The zero-order valence-corrected chi connectivity index (χ0v) is 11.6. The Morgan fingerprint density at radius 2 is 2.06 bits per heavy atom. The smallest absolute Gasteiger partial charge is 0.0505 e. The van der Waals surface area contributed by atoms with Crippen molar-refractivity contribution in [3.63, 3.8) is 0 Å². The summed E-state index contributed by atoms with van der Waals surface area (Å²) in [6, 6.07) is 10.7. The second kappa shape index (κ2) is 5.85. The number of hydrogen-bond acceptors (Lipinski definition) is 2. The summed E-state index contributed by atoms with van der Waals surface area (Å²) in [5, 5.41) is 0. The first-order chi connectivity index (χ1) is 8.68. The van der Waals surface area contributed by atoms with Gasteiger partial charge < -0.3 is 10.5 Å². The molecule has 0 bridgehead atoms. The average Bonchev–Trinajstić information content (AvgIpc) is 2.40. The highest BCUT2D eigenvalue weighted by Crippen LogP contribution is 2.43. The van der Waals surface area contributed by atoms with Crippen molar-refractivity contribution in [3.8, 4) is 0 Å². The molecule has 0 amide bonds. The van der Waals surface area contributed by atoms with Gasteiger partial charge in [0, 0.05) is 18.6 Å². The summed E-state index contributed by atoms with van der Waals surface area (Å²) in [5.74, 6) is 0.866. The highest BCUT2D eigenvalue weighted by Gasteiger charge is 2.42. The van der Waals surface area contributed by atoms with Crippen LogP contribution in [0.25, 0.3) is 0 Å². The van der Waals surface area contributed by atoms with Crippen LogP contribution in [0, 0.1) is 5.92 Å². The van der Waals surface area contributed by atoms with Gasteiger partial charge in [0.2, 0.25) is 0 Å². The zero-order valence-electron chi connectivity index (χ0n) is 11.6. The van der Waals surface area contributed by atoms with Crippen LogP contribution in [-0.4, -0.2) is 19.3 Å². The summed E-state index contributed by atoms with van der Waals surface area (Å²) in [7, 11) is 1.76. The third-order valence-corrected chi connectivity index (χ3v) is 4.54. The number of benzene rings is 1. The molecule has 0 radical (unpaired) electrons. The van der Waals surface area contributed by atoms with Gasteiger partial charge in [0.05, 0.1) is 6.61 Å². The lowest BCUT2D eigenvalue weighted by molar-refractivity contribution is 0.0825. The van der Waals surface area contributed by atoms with Crippen LogP contribution >= 0.6 is 0 Å². The van der Waals surface area contributed by atoms with Crippen molar-refractivity contribution >= 4 is 0 Å². The number of hydrogen-bond donors (Lipinski definition) is 1. The van der Waals surface area contributed by atoms with Gasteiger partial charge in [0.15, 0.2) is 0 Å². The van der Waals surface area contributed by atoms with E-state index < -0.39 is 0 Å². The van der Waals surface area contributed by atoms with Gasteiger partial charge in [-0.15, -0.1) is 0 Å². The van der Waals surface area contributed by atoms with E-state index >= 15 is 0 Å².